The van der Waals surface area contributed by atoms with Crippen LogP contribution in [0.3, 0.4) is 0 Å². The zero-order chi connectivity index (χ0) is 13.0. The summed E-state index contributed by atoms with van der Waals surface area (Å²) >= 11 is 0. The summed E-state index contributed by atoms with van der Waals surface area (Å²) in [6.45, 7) is 2.83. The van der Waals surface area contributed by atoms with Crippen LogP contribution < -0.4 is 0 Å². The van der Waals surface area contributed by atoms with E-state index < -0.39 is 6.09 Å². The second-order valence-electron chi connectivity index (χ2n) is 4.44. The van der Waals surface area contributed by atoms with Crippen LogP contribution in [0.4, 0.5) is 4.79 Å². The number of hydrogen-bond acceptors (Lipinski definition) is 3. The molecule has 0 aromatic heterocycles. The molecular weight excluding hydrogens is 232 g/mol. The lowest BCUT2D eigenvalue weighted by Crippen LogP contribution is -2.50. The number of hydrogen-bond donors (Lipinski definition) is 1. The number of nitrogens with zero attached hydrogens (tertiary/aromatic N) is 2. The van der Waals surface area contributed by atoms with Crippen LogP contribution in [0.25, 0.3) is 0 Å². The molecule has 5 nitrogen and oxygen atoms in total. The fourth-order valence-corrected chi connectivity index (χ4v) is 2.03. The van der Waals surface area contributed by atoms with E-state index in [-0.39, 0.29) is 6.23 Å². The SMILES string of the molecule is CN(C(=O)O)[C@@H]1CN(Cc2ccccc2)CCO1. The molecule has 0 radical (unpaired) electrons. The van der Waals surface area contributed by atoms with E-state index in [4.69, 9.17) is 9.84 Å². The van der Waals surface area contributed by atoms with Crippen LogP contribution in [0.1, 0.15) is 5.56 Å². The van der Waals surface area contributed by atoms with E-state index in [1.165, 1.54) is 10.5 Å². The number of benzene rings is 1. The summed E-state index contributed by atoms with van der Waals surface area (Å²) in [6.07, 6.45) is -1.33. The van der Waals surface area contributed by atoms with Gasteiger partial charge in [-0.25, -0.2) is 4.79 Å². The van der Waals surface area contributed by atoms with Crippen molar-refractivity contribution in [2.75, 3.05) is 26.7 Å². The lowest BCUT2D eigenvalue weighted by Gasteiger charge is -2.36. The van der Waals surface area contributed by atoms with Crippen molar-refractivity contribution in [1.29, 1.82) is 0 Å². The van der Waals surface area contributed by atoms with E-state index in [9.17, 15) is 4.79 Å². The van der Waals surface area contributed by atoms with Gasteiger partial charge < -0.3 is 9.84 Å². The molecule has 1 atom stereocenters. The lowest BCUT2D eigenvalue weighted by atomic mass is 10.2. The molecular formula is C13H18N2O3. The van der Waals surface area contributed by atoms with Crippen molar-refractivity contribution in [3.8, 4) is 0 Å². The Morgan fingerprint density at radius 3 is 2.89 bits per heavy atom. The highest BCUT2D eigenvalue weighted by molar-refractivity contribution is 5.64. The molecule has 5 heteroatoms. The summed E-state index contributed by atoms with van der Waals surface area (Å²) in [4.78, 5) is 14.3. The molecule has 18 heavy (non-hydrogen) atoms. The Morgan fingerprint density at radius 1 is 1.50 bits per heavy atom. The third-order valence-corrected chi connectivity index (χ3v) is 3.11. The average Bonchev–Trinajstić information content (AvgIpc) is 2.39. The first-order valence-electron chi connectivity index (χ1n) is 6.00. The van der Waals surface area contributed by atoms with Crippen molar-refractivity contribution < 1.29 is 14.6 Å². The molecule has 0 saturated carbocycles. The molecule has 0 aliphatic carbocycles. The number of carbonyl (C=O) groups is 1. The van der Waals surface area contributed by atoms with Crippen LogP contribution in [0.15, 0.2) is 30.3 Å². The molecule has 1 aromatic carbocycles. The van der Waals surface area contributed by atoms with Crippen LogP contribution in [0.2, 0.25) is 0 Å². The number of carboxylic acid groups (broad SMARTS) is 1. The predicted octanol–water partition coefficient (Wildman–Crippen LogP) is 1.45. The normalized spacial score (nSPS) is 20.6. The van der Waals surface area contributed by atoms with E-state index in [0.717, 1.165) is 13.1 Å². The maximum atomic E-state index is 10.9. The second kappa shape index (κ2) is 5.84. The minimum Gasteiger partial charge on any atom is -0.465 e. The van der Waals surface area contributed by atoms with Gasteiger partial charge >= 0.3 is 6.09 Å². The topological polar surface area (TPSA) is 53.0 Å². The standard InChI is InChI=1S/C13H18N2O3/c1-14(13(16)17)12-10-15(7-8-18-12)9-11-5-3-2-4-6-11/h2-6,12H,7-10H2,1H3,(H,16,17)/t12-/m0/s1. The zero-order valence-corrected chi connectivity index (χ0v) is 10.5. The Bertz CT molecular complexity index is 396. The second-order valence-corrected chi connectivity index (χ2v) is 4.44. The molecule has 1 aliphatic heterocycles. The Balaban J connectivity index is 1.93. The maximum absolute atomic E-state index is 10.9. The summed E-state index contributed by atoms with van der Waals surface area (Å²) in [5.41, 5.74) is 1.23. The van der Waals surface area contributed by atoms with Crippen molar-refractivity contribution in [3.05, 3.63) is 35.9 Å². The maximum Gasteiger partial charge on any atom is 0.409 e. The first-order valence-corrected chi connectivity index (χ1v) is 6.00. The fraction of sp³-hybridized carbons (Fsp3) is 0.462. The lowest BCUT2D eigenvalue weighted by molar-refractivity contribution is -0.0944. The molecule has 1 heterocycles. The monoisotopic (exact) mass is 250 g/mol. The van der Waals surface area contributed by atoms with Crippen molar-refractivity contribution >= 4 is 6.09 Å². The van der Waals surface area contributed by atoms with Gasteiger partial charge in [0.15, 0.2) is 0 Å². The van der Waals surface area contributed by atoms with E-state index >= 15 is 0 Å². The molecule has 98 valence electrons. The molecule has 0 unspecified atom stereocenters. The van der Waals surface area contributed by atoms with Crippen LogP contribution in [-0.2, 0) is 11.3 Å². The van der Waals surface area contributed by atoms with Crippen LogP contribution in [0.5, 0.6) is 0 Å². The average molecular weight is 250 g/mol. The summed E-state index contributed by atoms with van der Waals surface area (Å²) in [5, 5.41) is 8.94. The van der Waals surface area contributed by atoms with Gasteiger partial charge in [0.25, 0.3) is 0 Å². The van der Waals surface area contributed by atoms with Crippen LogP contribution in [0, 0.1) is 0 Å². The van der Waals surface area contributed by atoms with Crippen molar-refractivity contribution in [2.24, 2.45) is 0 Å². The predicted molar refractivity (Wildman–Crippen MR) is 67.2 cm³/mol. The van der Waals surface area contributed by atoms with Crippen molar-refractivity contribution in [3.63, 3.8) is 0 Å². The summed E-state index contributed by atoms with van der Waals surface area (Å²) in [6, 6.07) is 10.2. The number of ether oxygens (including phenoxy) is 1. The van der Waals surface area contributed by atoms with Crippen LogP contribution >= 0.6 is 0 Å². The Morgan fingerprint density at radius 2 is 2.22 bits per heavy atom. The molecule has 0 spiro atoms. The van der Waals surface area contributed by atoms with Crippen LogP contribution in [-0.4, -0.2) is 54.0 Å². The molecule has 1 saturated heterocycles. The van der Waals surface area contributed by atoms with Gasteiger partial charge in [0.05, 0.1) is 6.61 Å². The highest BCUT2D eigenvalue weighted by Gasteiger charge is 2.26. The molecule has 1 N–H and O–H groups in total. The summed E-state index contributed by atoms with van der Waals surface area (Å²) < 4.78 is 5.47. The Kier molecular flexibility index (Phi) is 4.17. The van der Waals surface area contributed by atoms with Gasteiger partial charge in [-0.15, -0.1) is 0 Å². The van der Waals surface area contributed by atoms with E-state index in [1.54, 1.807) is 7.05 Å². The highest BCUT2D eigenvalue weighted by atomic mass is 16.5. The number of rotatable bonds is 3. The number of likely N-dealkylation sites (N-methyl/N-ethyl adjacent to an activating group) is 1. The minimum absolute atomic E-state index is 0.375. The molecule has 0 bridgehead atoms. The van der Waals surface area contributed by atoms with Gasteiger partial charge in [-0.1, -0.05) is 30.3 Å². The zero-order valence-electron chi connectivity index (χ0n) is 10.5. The fourth-order valence-electron chi connectivity index (χ4n) is 2.03. The van der Waals surface area contributed by atoms with Gasteiger partial charge in [0.1, 0.15) is 6.23 Å². The molecule has 1 aliphatic rings. The highest BCUT2D eigenvalue weighted by Crippen LogP contribution is 2.12. The van der Waals surface area contributed by atoms with E-state index in [0.29, 0.717) is 13.2 Å². The minimum atomic E-state index is -0.957. The molecule has 1 aromatic rings. The van der Waals surface area contributed by atoms with Gasteiger partial charge in [0.2, 0.25) is 0 Å². The summed E-state index contributed by atoms with van der Waals surface area (Å²) in [5.74, 6) is 0. The summed E-state index contributed by atoms with van der Waals surface area (Å²) in [7, 11) is 1.54. The van der Waals surface area contributed by atoms with Gasteiger partial charge in [-0.05, 0) is 5.56 Å². The van der Waals surface area contributed by atoms with Gasteiger partial charge in [-0.2, -0.15) is 0 Å². The van der Waals surface area contributed by atoms with Crippen molar-refractivity contribution in [1.82, 2.24) is 9.80 Å². The molecule has 1 fully saturated rings. The quantitative estimate of drug-likeness (QED) is 0.882. The van der Waals surface area contributed by atoms with Gasteiger partial charge in [-0.3, -0.25) is 9.80 Å². The number of morpholine rings is 1. The number of amides is 1. The largest absolute Gasteiger partial charge is 0.465 e. The first-order chi connectivity index (χ1) is 8.66. The van der Waals surface area contributed by atoms with E-state index in [1.807, 2.05) is 18.2 Å². The third-order valence-electron chi connectivity index (χ3n) is 3.11. The Hall–Kier alpha value is -1.59. The smallest absolute Gasteiger partial charge is 0.409 e. The molecule has 2 rings (SSSR count). The van der Waals surface area contributed by atoms with Crippen molar-refractivity contribution in [2.45, 2.75) is 12.8 Å². The third kappa shape index (κ3) is 3.21. The van der Waals surface area contributed by atoms with E-state index in [2.05, 4.69) is 17.0 Å². The first kappa shape index (κ1) is 12.9. The molecule has 1 amide bonds. The Labute approximate surface area is 107 Å². The van der Waals surface area contributed by atoms with Gasteiger partial charge in [0, 0.05) is 26.7 Å².